The van der Waals surface area contributed by atoms with Crippen molar-refractivity contribution in [1.29, 1.82) is 0 Å². The van der Waals surface area contributed by atoms with Crippen LogP contribution in [0, 0.1) is 24.0 Å². The van der Waals surface area contributed by atoms with Crippen LogP contribution < -0.4 is 16.1 Å². The van der Waals surface area contributed by atoms with E-state index in [1.807, 2.05) is 0 Å². The molecule has 2 aromatic rings. The molecule has 2 heterocycles. The average molecular weight is 375 g/mol. The number of anilines is 1. The molecular formula is C19H19F2N3O3. The molecule has 0 spiro atoms. The van der Waals surface area contributed by atoms with Gasteiger partial charge in [-0.25, -0.2) is 13.6 Å². The number of terminal acetylenes is 1. The van der Waals surface area contributed by atoms with Crippen LogP contribution in [-0.2, 0) is 5.41 Å². The summed E-state index contributed by atoms with van der Waals surface area (Å²) in [4.78, 5) is 28.4. The SMILES string of the molecule is C#CC(C)(C)c1[nH]c2c(F)c(N3CCCC3N)c(F)cc2c(=O)c1C(=O)O. The van der Waals surface area contributed by atoms with Crippen molar-refractivity contribution in [2.24, 2.45) is 5.73 Å². The minimum atomic E-state index is -1.53. The van der Waals surface area contributed by atoms with Crippen molar-refractivity contribution in [2.45, 2.75) is 38.3 Å². The molecule has 3 rings (SSSR count). The molecule has 0 bridgehead atoms. The molecule has 1 fully saturated rings. The molecule has 1 saturated heterocycles. The molecule has 142 valence electrons. The lowest BCUT2D eigenvalue weighted by Gasteiger charge is -2.26. The predicted molar refractivity (Wildman–Crippen MR) is 97.9 cm³/mol. The van der Waals surface area contributed by atoms with E-state index in [-0.39, 0.29) is 16.9 Å². The standard InChI is InChI=1S/C19H19F2N3O3/c1-4-19(2,3)17-12(18(26)27)16(25)9-8-10(20)15(13(21)14(9)23-17)24-7-5-6-11(24)22/h1,8,11H,5-7,22H2,2-3H3,(H,23,25)(H,26,27). The summed E-state index contributed by atoms with van der Waals surface area (Å²) in [6.07, 6.45) is 6.19. The number of nitrogens with one attached hydrogen (secondary N) is 1. The summed E-state index contributed by atoms with van der Waals surface area (Å²) in [6, 6.07) is 0.844. The number of aromatic nitrogens is 1. The van der Waals surface area contributed by atoms with Gasteiger partial charge in [0, 0.05) is 6.54 Å². The molecule has 0 amide bonds. The van der Waals surface area contributed by atoms with Crippen LogP contribution in [-0.4, -0.2) is 28.8 Å². The molecule has 1 aliphatic rings. The minimum Gasteiger partial charge on any atom is -0.477 e. The van der Waals surface area contributed by atoms with E-state index in [2.05, 4.69) is 10.9 Å². The topological polar surface area (TPSA) is 99.4 Å². The Labute approximate surface area is 154 Å². The number of benzene rings is 1. The highest BCUT2D eigenvalue weighted by atomic mass is 19.1. The summed E-state index contributed by atoms with van der Waals surface area (Å²) in [5, 5.41) is 9.07. The number of hydrogen-bond acceptors (Lipinski definition) is 4. The lowest BCUT2D eigenvalue weighted by Crippen LogP contribution is -2.37. The molecule has 1 unspecified atom stereocenters. The molecule has 1 aromatic carbocycles. The van der Waals surface area contributed by atoms with E-state index in [1.54, 1.807) is 0 Å². The van der Waals surface area contributed by atoms with Gasteiger partial charge < -0.3 is 20.7 Å². The minimum absolute atomic E-state index is 0.114. The second-order valence-corrected chi connectivity index (χ2v) is 7.13. The van der Waals surface area contributed by atoms with Crippen LogP contribution >= 0.6 is 0 Å². The number of H-pyrrole nitrogens is 1. The average Bonchev–Trinajstić information content (AvgIpc) is 3.01. The number of rotatable bonds is 3. The highest BCUT2D eigenvalue weighted by Crippen LogP contribution is 2.34. The maximum absolute atomic E-state index is 15.2. The van der Waals surface area contributed by atoms with Crippen molar-refractivity contribution in [2.75, 3.05) is 11.4 Å². The Kier molecular flexibility index (Phi) is 4.44. The van der Waals surface area contributed by atoms with Crippen molar-refractivity contribution >= 4 is 22.6 Å². The number of pyridine rings is 1. The largest absolute Gasteiger partial charge is 0.477 e. The number of hydrogen-bond donors (Lipinski definition) is 3. The second-order valence-electron chi connectivity index (χ2n) is 7.13. The Hall–Kier alpha value is -2.92. The Morgan fingerprint density at radius 1 is 1.48 bits per heavy atom. The number of carboxylic acid groups (broad SMARTS) is 1. The number of carboxylic acids is 1. The maximum Gasteiger partial charge on any atom is 0.341 e. The van der Waals surface area contributed by atoms with Crippen LogP contribution in [0.5, 0.6) is 0 Å². The number of aromatic carboxylic acids is 1. The first-order valence-electron chi connectivity index (χ1n) is 8.42. The Balaban J connectivity index is 2.43. The van der Waals surface area contributed by atoms with Crippen molar-refractivity contribution in [3.8, 4) is 12.3 Å². The van der Waals surface area contributed by atoms with Crippen LogP contribution in [0.4, 0.5) is 14.5 Å². The van der Waals surface area contributed by atoms with Crippen molar-refractivity contribution in [3.63, 3.8) is 0 Å². The molecule has 0 radical (unpaired) electrons. The third-order valence-electron chi connectivity index (χ3n) is 4.95. The molecule has 8 heteroatoms. The first-order chi connectivity index (χ1) is 12.6. The predicted octanol–water partition coefficient (Wildman–Crippen LogP) is 2.30. The first kappa shape index (κ1) is 18.9. The zero-order chi connectivity index (χ0) is 20.1. The van der Waals surface area contributed by atoms with Gasteiger partial charge in [0.05, 0.1) is 28.2 Å². The normalized spacial score (nSPS) is 17.3. The maximum atomic E-state index is 15.2. The van der Waals surface area contributed by atoms with Gasteiger partial charge in [-0.05, 0) is 32.8 Å². The van der Waals surface area contributed by atoms with Crippen LogP contribution in [0.3, 0.4) is 0 Å². The van der Waals surface area contributed by atoms with E-state index in [0.717, 1.165) is 6.07 Å². The molecule has 1 aromatic heterocycles. The first-order valence-corrected chi connectivity index (χ1v) is 8.42. The molecule has 4 N–H and O–H groups in total. The smallest absolute Gasteiger partial charge is 0.341 e. The van der Waals surface area contributed by atoms with Gasteiger partial charge in [0.1, 0.15) is 17.1 Å². The van der Waals surface area contributed by atoms with E-state index >= 15 is 4.39 Å². The number of nitrogens with zero attached hydrogens (tertiary/aromatic N) is 1. The second kappa shape index (κ2) is 6.35. The van der Waals surface area contributed by atoms with Crippen molar-refractivity contribution in [1.82, 2.24) is 4.98 Å². The number of fused-ring (bicyclic) bond motifs is 1. The monoisotopic (exact) mass is 375 g/mol. The van der Waals surface area contributed by atoms with E-state index < -0.39 is 45.6 Å². The highest BCUT2D eigenvalue weighted by molar-refractivity contribution is 5.95. The lowest BCUT2D eigenvalue weighted by atomic mass is 9.86. The van der Waals surface area contributed by atoms with Crippen LogP contribution in [0.2, 0.25) is 0 Å². The summed E-state index contributed by atoms with van der Waals surface area (Å²) in [5.41, 5.74) is 2.37. The summed E-state index contributed by atoms with van der Waals surface area (Å²) in [7, 11) is 0. The molecule has 0 saturated carbocycles. The molecule has 0 aliphatic carbocycles. The van der Waals surface area contributed by atoms with Gasteiger partial charge in [0.2, 0.25) is 5.43 Å². The molecule has 1 atom stereocenters. The fourth-order valence-electron chi connectivity index (χ4n) is 3.42. The number of nitrogens with two attached hydrogens (primary N) is 1. The van der Waals surface area contributed by atoms with E-state index in [1.165, 1.54) is 18.7 Å². The van der Waals surface area contributed by atoms with E-state index in [0.29, 0.717) is 19.4 Å². The number of halogens is 2. The Bertz CT molecular complexity index is 1050. The fraction of sp³-hybridized carbons (Fsp3) is 0.368. The van der Waals surface area contributed by atoms with Gasteiger partial charge in [0.15, 0.2) is 5.82 Å². The zero-order valence-electron chi connectivity index (χ0n) is 14.9. The lowest BCUT2D eigenvalue weighted by molar-refractivity contribution is 0.0692. The van der Waals surface area contributed by atoms with Gasteiger partial charge in [-0.15, -0.1) is 6.42 Å². The van der Waals surface area contributed by atoms with Gasteiger partial charge in [-0.1, -0.05) is 5.92 Å². The molecular weight excluding hydrogens is 356 g/mol. The van der Waals surface area contributed by atoms with Crippen molar-refractivity contribution < 1.29 is 18.7 Å². The van der Waals surface area contributed by atoms with Gasteiger partial charge in [0.25, 0.3) is 0 Å². The number of carbonyl (C=O) groups is 1. The van der Waals surface area contributed by atoms with Crippen molar-refractivity contribution in [3.05, 3.63) is 39.2 Å². The van der Waals surface area contributed by atoms with Crippen LogP contribution in [0.25, 0.3) is 10.9 Å². The summed E-state index contributed by atoms with van der Waals surface area (Å²) in [6.45, 7) is 3.42. The highest BCUT2D eigenvalue weighted by Gasteiger charge is 2.32. The zero-order valence-corrected chi connectivity index (χ0v) is 14.9. The van der Waals surface area contributed by atoms with Crippen LogP contribution in [0.15, 0.2) is 10.9 Å². The summed E-state index contributed by atoms with van der Waals surface area (Å²) >= 11 is 0. The molecule has 1 aliphatic heterocycles. The third-order valence-corrected chi connectivity index (χ3v) is 4.95. The van der Waals surface area contributed by atoms with Gasteiger partial charge in [-0.2, -0.15) is 0 Å². The molecule has 27 heavy (non-hydrogen) atoms. The number of aromatic amines is 1. The van der Waals surface area contributed by atoms with E-state index in [9.17, 15) is 19.1 Å². The molecule has 6 nitrogen and oxygen atoms in total. The quantitative estimate of drug-likeness (QED) is 0.715. The fourth-order valence-corrected chi connectivity index (χ4v) is 3.42. The van der Waals surface area contributed by atoms with Gasteiger partial charge in [-0.3, -0.25) is 4.79 Å². The Morgan fingerprint density at radius 2 is 2.15 bits per heavy atom. The van der Waals surface area contributed by atoms with E-state index in [4.69, 9.17) is 12.2 Å². The van der Waals surface area contributed by atoms with Gasteiger partial charge >= 0.3 is 5.97 Å². The third kappa shape index (κ3) is 2.84. The summed E-state index contributed by atoms with van der Waals surface area (Å²) in [5.74, 6) is -1.10. The van der Waals surface area contributed by atoms with Crippen LogP contribution in [0.1, 0.15) is 42.7 Å². The Morgan fingerprint density at radius 3 is 2.67 bits per heavy atom. The summed E-state index contributed by atoms with van der Waals surface area (Å²) < 4.78 is 29.9.